The maximum Gasteiger partial charge on any atom is 0.303 e. The van der Waals surface area contributed by atoms with Crippen molar-refractivity contribution in [3.8, 4) is 0 Å². The molecule has 2 fully saturated rings. The van der Waals surface area contributed by atoms with Gasteiger partial charge < -0.3 is 26.4 Å². The molecule has 1 amide bonds. The average Bonchev–Trinajstić information content (AvgIpc) is 3.16. The summed E-state index contributed by atoms with van der Waals surface area (Å²) in [6, 6.07) is 0. The van der Waals surface area contributed by atoms with Gasteiger partial charge in [-0.15, -0.1) is 0 Å². The smallest absolute Gasteiger partial charge is 0.303 e. The van der Waals surface area contributed by atoms with Gasteiger partial charge in [0.2, 0.25) is 5.91 Å². The molecule has 23 heavy (non-hydrogen) atoms. The van der Waals surface area contributed by atoms with Gasteiger partial charge in [0, 0.05) is 52.1 Å². The second-order valence-corrected chi connectivity index (χ2v) is 6.28. The van der Waals surface area contributed by atoms with Crippen LogP contribution in [0.25, 0.3) is 0 Å². The van der Waals surface area contributed by atoms with Crippen LogP contribution < -0.4 is 21.3 Å². The van der Waals surface area contributed by atoms with E-state index in [1.165, 1.54) is 0 Å². The second-order valence-electron chi connectivity index (χ2n) is 6.28. The number of carbonyl (C=O) groups excluding carboxylic acids is 1. The number of hydrogen-bond donors (Lipinski definition) is 5. The van der Waals surface area contributed by atoms with E-state index in [2.05, 4.69) is 26.2 Å². The predicted molar refractivity (Wildman–Crippen MR) is 87.2 cm³/mol. The molecular formula is C15H29N5O3. The maximum absolute atomic E-state index is 12.1. The van der Waals surface area contributed by atoms with Crippen LogP contribution in [0.5, 0.6) is 0 Å². The number of carboxylic acid groups (broad SMARTS) is 1. The minimum atomic E-state index is -0.855. The van der Waals surface area contributed by atoms with Crippen molar-refractivity contribution in [2.24, 2.45) is 0 Å². The third-order valence-corrected chi connectivity index (χ3v) is 4.28. The van der Waals surface area contributed by atoms with Gasteiger partial charge in [-0.1, -0.05) is 0 Å². The van der Waals surface area contributed by atoms with Crippen LogP contribution in [0, 0.1) is 0 Å². The molecule has 132 valence electrons. The molecule has 5 N–H and O–H groups in total. The topological polar surface area (TPSA) is 106 Å². The van der Waals surface area contributed by atoms with E-state index in [1.807, 2.05) is 0 Å². The van der Waals surface area contributed by atoms with Crippen LogP contribution in [0.2, 0.25) is 0 Å². The van der Waals surface area contributed by atoms with Gasteiger partial charge in [0.15, 0.2) is 0 Å². The van der Waals surface area contributed by atoms with Crippen molar-refractivity contribution in [3.63, 3.8) is 0 Å². The van der Waals surface area contributed by atoms with E-state index in [9.17, 15) is 9.59 Å². The van der Waals surface area contributed by atoms with E-state index in [0.717, 1.165) is 58.8 Å². The summed E-state index contributed by atoms with van der Waals surface area (Å²) in [6.45, 7) is 7.20. The zero-order valence-electron chi connectivity index (χ0n) is 13.7. The fourth-order valence-corrected chi connectivity index (χ4v) is 2.90. The lowest BCUT2D eigenvalue weighted by atomic mass is 10.2. The molecule has 2 saturated heterocycles. The van der Waals surface area contributed by atoms with Crippen LogP contribution in [-0.4, -0.2) is 79.9 Å². The molecule has 0 aromatic carbocycles. The number of fused-ring (bicyclic) bond motifs is 1. The van der Waals surface area contributed by atoms with Crippen LogP contribution in [0.3, 0.4) is 0 Å². The van der Waals surface area contributed by atoms with E-state index in [-0.39, 0.29) is 24.4 Å². The normalized spacial score (nSPS) is 29.3. The van der Waals surface area contributed by atoms with Gasteiger partial charge in [-0.05, 0) is 25.9 Å². The van der Waals surface area contributed by atoms with Crippen LogP contribution in [0.15, 0.2) is 0 Å². The molecule has 0 aromatic heterocycles. The highest BCUT2D eigenvalue weighted by Gasteiger charge is 2.52. The monoisotopic (exact) mass is 327 g/mol. The average molecular weight is 327 g/mol. The Bertz CT molecular complexity index is 407. The predicted octanol–water partition coefficient (Wildman–Crippen LogP) is -1.46. The Balaban J connectivity index is 1.79. The molecule has 2 heterocycles. The van der Waals surface area contributed by atoms with Crippen molar-refractivity contribution in [1.29, 1.82) is 0 Å². The summed E-state index contributed by atoms with van der Waals surface area (Å²) in [5.74, 6) is -0.919. The maximum atomic E-state index is 12.1. The van der Waals surface area contributed by atoms with E-state index >= 15 is 0 Å². The van der Waals surface area contributed by atoms with Crippen molar-refractivity contribution in [1.82, 2.24) is 26.2 Å². The summed E-state index contributed by atoms with van der Waals surface area (Å²) in [7, 11) is 0. The third kappa shape index (κ3) is 6.42. The molecule has 0 spiro atoms. The summed E-state index contributed by atoms with van der Waals surface area (Å²) in [4.78, 5) is 24.8. The van der Waals surface area contributed by atoms with Gasteiger partial charge in [-0.3, -0.25) is 14.5 Å². The van der Waals surface area contributed by atoms with Gasteiger partial charge in [-0.2, -0.15) is 0 Å². The summed E-state index contributed by atoms with van der Waals surface area (Å²) >= 11 is 0. The molecule has 2 aliphatic rings. The molecule has 8 nitrogen and oxygen atoms in total. The summed E-state index contributed by atoms with van der Waals surface area (Å²) in [5.41, 5.74) is -0.296. The van der Waals surface area contributed by atoms with Crippen LogP contribution in [0.4, 0.5) is 0 Å². The van der Waals surface area contributed by atoms with Crippen molar-refractivity contribution in [2.45, 2.75) is 31.3 Å². The van der Waals surface area contributed by atoms with Gasteiger partial charge >= 0.3 is 5.97 Å². The molecule has 8 heteroatoms. The summed E-state index contributed by atoms with van der Waals surface area (Å²) < 4.78 is 0. The van der Waals surface area contributed by atoms with Crippen molar-refractivity contribution >= 4 is 11.9 Å². The Morgan fingerprint density at radius 1 is 1.04 bits per heavy atom. The fraction of sp³-hybridized carbons (Fsp3) is 0.867. The zero-order chi connectivity index (χ0) is 16.5. The molecule has 0 saturated carbocycles. The fourth-order valence-electron chi connectivity index (χ4n) is 2.90. The Morgan fingerprint density at radius 2 is 1.78 bits per heavy atom. The molecular weight excluding hydrogens is 298 g/mol. The molecule has 0 radical (unpaired) electrons. The molecule has 1 unspecified atom stereocenters. The summed E-state index contributed by atoms with van der Waals surface area (Å²) in [6.07, 6.45) is 1.81. The number of rotatable bonds is 5. The molecule has 0 aliphatic carbocycles. The standard InChI is InChI=1S/C15H29N5O3/c21-13(3-1-4-14(22)23)19-15-11-18-8-7-16-5-2-6-17-9-10-20(15)12-15/h16-18H,1-12H2,(H,19,21)(H,22,23)/t15-,20?/m0/s1. The zero-order valence-corrected chi connectivity index (χ0v) is 13.7. The van der Waals surface area contributed by atoms with Crippen LogP contribution in [0.1, 0.15) is 25.7 Å². The minimum Gasteiger partial charge on any atom is -0.481 e. The van der Waals surface area contributed by atoms with E-state index in [0.29, 0.717) is 6.42 Å². The Kier molecular flexibility index (Phi) is 7.22. The SMILES string of the molecule is O=C(O)CCCC(=O)N[C@@]12CNCCNCCCNCCN1C2. The lowest BCUT2D eigenvalue weighted by Gasteiger charge is -2.20. The van der Waals surface area contributed by atoms with Gasteiger partial charge in [0.25, 0.3) is 0 Å². The van der Waals surface area contributed by atoms with E-state index < -0.39 is 5.97 Å². The minimum absolute atomic E-state index is 0.0397. The largest absolute Gasteiger partial charge is 0.481 e. The van der Waals surface area contributed by atoms with Crippen molar-refractivity contribution < 1.29 is 14.7 Å². The number of amides is 1. The van der Waals surface area contributed by atoms with E-state index in [4.69, 9.17) is 5.11 Å². The lowest BCUT2D eigenvalue weighted by molar-refractivity contribution is -0.137. The van der Waals surface area contributed by atoms with Gasteiger partial charge in [0.05, 0.1) is 0 Å². The number of nitrogens with one attached hydrogen (secondary N) is 4. The van der Waals surface area contributed by atoms with E-state index in [1.54, 1.807) is 0 Å². The molecule has 2 rings (SSSR count). The molecule has 2 aliphatic heterocycles. The first-order valence-electron chi connectivity index (χ1n) is 8.52. The molecule has 2 atom stereocenters. The molecule has 0 bridgehead atoms. The third-order valence-electron chi connectivity index (χ3n) is 4.28. The quantitative estimate of drug-likeness (QED) is 0.393. The van der Waals surface area contributed by atoms with Crippen LogP contribution in [-0.2, 0) is 9.59 Å². The number of hydrogen-bond acceptors (Lipinski definition) is 6. The Labute approximate surface area is 137 Å². The van der Waals surface area contributed by atoms with Crippen molar-refractivity contribution in [3.05, 3.63) is 0 Å². The highest BCUT2D eigenvalue weighted by molar-refractivity contribution is 5.78. The summed E-state index contributed by atoms with van der Waals surface area (Å²) in [5, 5.41) is 21.9. The Hall–Kier alpha value is -1.22. The Morgan fingerprint density at radius 3 is 2.57 bits per heavy atom. The lowest BCUT2D eigenvalue weighted by Crippen LogP contribution is -2.49. The van der Waals surface area contributed by atoms with Crippen molar-refractivity contribution in [2.75, 3.05) is 52.4 Å². The molecule has 0 aromatic rings. The number of carbonyl (C=O) groups is 2. The van der Waals surface area contributed by atoms with Gasteiger partial charge in [0.1, 0.15) is 5.66 Å². The first-order chi connectivity index (χ1) is 11.1. The van der Waals surface area contributed by atoms with Crippen LogP contribution >= 0.6 is 0 Å². The number of nitrogens with zero attached hydrogens (tertiary/aromatic N) is 1. The number of aliphatic carboxylic acids is 1. The highest BCUT2D eigenvalue weighted by atomic mass is 16.4. The highest BCUT2D eigenvalue weighted by Crippen LogP contribution is 2.28. The first kappa shape index (κ1) is 18.1. The first-order valence-corrected chi connectivity index (χ1v) is 8.52. The van der Waals surface area contributed by atoms with Gasteiger partial charge in [-0.25, -0.2) is 0 Å². The number of carboxylic acids is 1. The second kappa shape index (κ2) is 9.17.